The zero-order chi connectivity index (χ0) is 21.0. The lowest BCUT2D eigenvalue weighted by Crippen LogP contribution is -2.32. The first-order valence-electron chi connectivity index (χ1n) is 9.05. The Kier molecular flexibility index (Phi) is 5.96. The molecule has 0 aliphatic carbocycles. The van der Waals surface area contributed by atoms with Crippen LogP contribution in [0.15, 0.2) is 39.5 Å². The topological polar surface area (TPSA) is 110 Å². The molecule has 9 heteroatoms. The Bertz CT molecular complexity index is 1090. The molecular weight excluding hydrogens is 374 g/mol. The van der Waals surface area contributed by atoms with Crippen LogP contribution >= 0.6 is 0 Å². The minimum absolute atomic E-state index is 0.0569. The molecule has 1 amide bonds. The highest BCUT2D eigenvalue weighted by atomic mass is 16.5. The molecule has 3 rings (SSSR count). The molecule has 1 aromatic carbocycles. The SMILES string of the molecule is COc1cccc2cc(C(=O)NCCNc3cc(N(C)C)nc(C)n3)c(=O)oc12. The number of ether oxygens (including phenoxy) is 1. The van der Waals surface area contributed by atoms with Crippen molar-refractivity contribution in [2.75, 3.05) is 44.5 Å². The van der Waals surface area contributed by atoms with Gasteiger partial charge in [-0.3, -0.25) is 4.79 Å². The lowest BCUT2D eigenvalue weighted by atomic mass is 10.1. The van der Waals surface area contributed by atoms with Gasteiger partial charge in [0.2, 0.25) is 0 Å². The van der Waals surface area contributed by atoms with Crippen molar-refractivity contribution in [1.29, 1.82) is 0 Å². The van der Waals surface area contributed by atoms with Crippen LogP contribution in [0.2, 0.25) is 0 Å². The van der Waals surface area contributed by atoms with Crippen molar-refractivity contribution < 1.29 is 13.9 Å². The molecule has 0 saturated heterocycles. The number of amides is 1. The normalized spacial score (nSPS) is 10.6. The Morgan fingerprint density at radius 3 is 2.72 bits per heavy atom. The molecule has 2 N–H and O–H groups in total. The van der Waals surface area contributed by atoms with Gasteiger partial charge in [-0.2, -0.15) is 0 Å². The number of fused-ring (bicyclic) bond motifs is 1. The van der Waals surface area contributed by atoms with Crippen molar-refractivity contribution >= 4 is 28.5 Å². The zero-order valence-corrected chi connectivity index (χ0v) is 16.8. The molecular formula is C20H23N5O4. The summed E-state index contributed by atoms with van der Waals surface area (Å²) in [6.45, 7) is 2.55. The van der Waals surface area contributed by atoms with Crippen molar-refractivity contribution in [3.05, 3.63) is 52.1 Å². The van der Waals surface area contributed by atoms with Crippen molar-refractivity contribution in [3.63, 3.8) is 0 Å². The molecule has 0 spiro atoms. The molecule has 29 heavy (non-hydrogen) atoms. The molecule has 0 aliphatic rings. The predicted molar refractivity (Wildman–Crippen MR) is 111 cm³/mol. The number of carbonyl (C=O) groups is 1. The van der Waals surface area contributed by atoms with Crippen LogP contribution < -0.4 is 25.9 Å². The number of hydrogen-bond donors (Lipinski definition) is 2. The average Bonchev–Trinajstić information content (AvgIpc) is 2.69. The number of hydrogen-bond acceptors (Lipinski definition) is 8. The molecule has 0 radical (unpaired) electrons. The van der Waals surface area contributed by atoms with Gasteiger partial charge in [0.15, 0.2) is 11.3 Å². The van der Waals surface area contributed by atoms with Gasteiger partial charge in [0.1, 0.15) is 23.0 Å². The number of methoxy groups -OCH3 is 1. The first kappa shape index (κ1) is 20.1. The molecule has 0 atom stereocenters. The van der Waals surface area contributed by atoms with E-state index in [0.29, 0.717) is 41.5 Å². The summed E-state index contributed by atoms with van der Waals surface area (Å²) in [5, 5.41) is 6.46. The Morgan fingerprint density at radius 1 is 1.21 bits per heavy atom. The minimum Gasteiger partial charge on any atom is -0.493 e. The summed E-state index contributed by atoms with van der Waals surface area (Å²) < 4.78 is 10.5. The van der Waals surface area contributed by atoms with Gasteiger partial charge < -0.3 is 24.7 Å². The molecule has 2 heterocycles. The van der Waals surface area contributed by atoms with E-state index in [4.69, 9.17) is 9.15 Å². The van der Waals surface area contributed by atoms with E-state index >= 15 is 0 Å². The van der Waals surface area contributed by atoms with Gasteiger partial charge in [-0.15, -0.1) is 0 Å². The molecule has 0 bridgehead atoms. The zero-order valence-electron chi connectivity index (χ0n) is 16.8. The number of benzene rings is 1. The van der Waals surface area contributed by atoms with Crippen LogP contribution in [-0.4, -0.2) is 50.2 Å². The van der Waals surface area contributed by atoms with Gasteiger partial charge in [-0.05, 0) is 19.1 Å². The van der Waals surface area contributed by atoms with Crippen LogP contribution in [0, 0.1) is 6.92 Å². The van der Waals surface area contributed by atoms with Crippen LogP contribution in [0.25, 0.3) is 11.0 Å². The molecule has 152 valence electrons. The molecule has 3 aromatic rings. The second-order valence-electron chi connectivity index (χ2n) is 6.56. The van der Waals surface area contributed by atoms with Gasteiger partial charge in [-0.1, -0.05) is 12.1 Å². The lowest BCUT2D eigenvalue weighted by molar-refractivity contribution is 0.0951. The van der Waals surface area contributed by atoms with Crippen LogP contribution in [0.5, 0.6) is 5.75 Å². The quantitative estimate of drug-likeness (QED) is 0.459. The summed E-state index contributed by atoms with van der Waals surface area (Å²) in [4.78, 5) is 35.2. The molecule has 0 aliphatic heterocycles. The number of carbonyl (C=O) groups excluding carboxylic acids is 1. The maximum Gasteiger partial charge on any atom is 0.349 e. The first-order chi connectivity index (χ1) is 13.9. The van der Waals surface area contributed by atoms with Gasteiger partial charge in [0.25, 0.3) is 5.91 Å². The van der Waals surface area contributed by atoms with Gasteiger partial charge >= 0.3 is 5.63 Å². The average molecular weight is 397 g/mol. The van der Waals surface area contributed by atoms with E-state index < -0.39 is 11.5 Å². The summed E-state index contributed by atoms with van der Waals surface area (Å²) in [6.07, 6.45) is 0. The van der Waals surface area contributed by atoms with Crippen molar-refractivity contribution in [2.45, 2.75) is 6.92 Å². The summed E-state index contributed by atoms with van der Waals surface area (Å²) in [7, 11) is 5.29. The lowest BCUT2D eigenvalue weighted by Gasteiger charge is -2.14. The van der Waals surface area contributed by atoms with E-state index in [2.05, 4.69) is 20.6 Å². The van der Waals surface area contributed by atoms with Crippen LogP contribution in [-0.2, 0) is 0 Å². The predicted octanol–water partition coefficient (Wildman–Crippen LogP) is 1.81. The minimum atomic E-state index is -0.713. The van der Waals surface area contributed by atoms with Gasteiger partial charge in [0.05, 0.1) is 7.11 Å². The molecule has 0 fully saturated rings. The van der Waals surface area contributed by atoms with E-state index in [-0.39, 0.29) is 5.56 Å². The molecule has 9 nitrogen and oxygen atoms in total. The number of nitrogens with one attached hydrogen (secondary N) is 2. The monoisotopic (exact) mass is 397 g/mol. The number of para-hydroxylation sites is 1. The van der Waals surface area contributed by atoms with E-state index in [1.54, 1.807) is 18.2 Å². The first-order valence-corrected chi connectivity index (χ1v) is 9.05. The third kappa shape index (κ3) is 4.63. The fourth-order valence-electron chi connectivity index (χ4n) is 2.77. The number of anilines is 2. The van der Waals surface area contributed by atoms with E-state index in [9.17, 15) is 9.59 Å². The Hall–Kier alpha value is -3.62. The number of nitrogens with zero attached hydrogens (tertiary/aromatic N) is 3. The second-order valence-corrected chi connectivity index (χ2v) is 6.56. The molecule has 2 aromatic heterocycles. The van der Waals surface area contributed by atoms with Crippen LogP contribution in [0.1, 0.15) is 16.2 Å². The highest BCUT2D eigenvalue weighted by molar-refractivity contribution is 5.97. The fraction of sp³-hybridized carbons (Fsp3) is 0.300. The van der Waals surface area contributed by atoms with E-state index in [1.165, 1.54) is 13.2 Å². The molecule has 0 unspecified atom stereocenters. The van der Waals surface area contributed by atoms with Crippen LogP contribution in [0.3, 0.4) is 0 Å². The summed E-state index contributed by atoms with van der Waals surface area (Å²) in [5.41, 5.74) is -0.456. The van der Waals surface area contributed by atoms with Crippen LogP contribution in [0.4, 0.5) is 11.6 Å². The number of aryl methyl sites for hydroxylation is 1. The van der Waals surface area contributed by atoms with E-state index in [0.717, 1.165) is 5.82 Å². The summed E-state index contributed by atoms with van der Waals surface area (Å²) >= 11 is 0. The van der Waals surface area contributed by atoms with Crippen molar-refractivity contribution in [1.82, 2.24) is 15.3 Å². The second kappa shape index (κ2) is 8.59. The number of aromatic nitrogens is 2. The van der Waals surface area contributed by atoms with Crippen molar-refractivity contribution in [3.8, 4) is 5.75 Å². The Balaban J connectivity index is 1.64. The third-order valence-electron chi connectivity index (χ3n) is 4.19. The highest BCUT2D eigenvalue weighted by Gasteiger charge is 2.15. The maximum atomic E-state index is 12.4. The van der Waals surface area contributed by atoms with Gasteiger partial charge in [-0.25, -0.2) is 14.8 Å². The number of rotatable bonds is 7. The highest BCUT2D eigenvalue weighted by Crippen LogP contribution is 2.24. The van der Waals surface area contributed by atoms with Gasteiger partial charge in [0, 0.05) is 38.6 Å². The molecule has 0 saturated carbocycles. The smallest absolute Gasteiger partial charge is 0.349 e. The fourth-order valence-corrected chi connectivity index (χ4v) is 2.77. The summed E-state index contributed by atoms with van der Waals surface area (Å²) in [5.74, 6) is 2.03. The standard InChI is InChI=1S/C20H23N5O4/c1-12-23-16(11-17(24-12)25(2)3)21-8-9-22-19(26)14-10-13-6-5-7-15(28-4)18(13)29-20(14)27/h5-7,10-11H,8-9H2,1-4H3,(H,22,26)(H,21,23,24). The Morgan fingerprint density at radius 2 is 2.00 bits per heavy atom. The third-order valence-corrected chi connectivity index (χ3v) is 4.19. The largest absolute Gasteiger partial charge is 0.493 e. The van der Waals surface area contributed by atoms with Crippen molar-refractivity contribution in [2.24, 2.45) is 0 Å². The maximum absolute atomic E-state index is 12.4. The Labute approximate surface area is 167 Å². The summed E-state index contributed by atoms with van der Waals surface area (Å²) in [6, 6.07) is 8.52. The van der Waals surface area contributed by atoms with E-state index in [1.807, 2.05) is 32.0 Å².